The van der Waals surface area contributed by atoms with Crippen LogP contribution in [0.4, 0.5) is 17.6 Å². The average Bonchev–Trinajstić information content (AvgIpc) is 3.01. The van der Waals surface area contributed by atoms with E-state index in [0.717, 1.165) is 24.4 Å². The van der Waals surface area contributed by atoms with Gasteiger partial charge in [0, 0.05) is 24.4 Å². The maximum absolute atomic E-state index is 13.4. The summed E-state index contributed by atoms with van der Waals surface area (Å²) >= 11 is 0. The van der Waals surface area contributed by atoms with Crippen molar-refractivity contribution in [2.75, 3.05) is 0 Å². The normalized spacial score (nSPS) is 11.7. The third-order valence-electron chi connectivity index (χ3n) is 3.76. The zero-order chi connectivity index (χ0) is 18.0. The van der Waals surface area contributed by atoms with E-state index in [1.54, 1.807) is 18.5 Å². The summed E-state index contributed by atoms with van der Waals surface area (Å²) in [6.45, 7) is 2.37. The fourth-order valence-electron chi connectivity index (χ4n) is 2.54. The van der Waals surface area contributed by atoms with E-state index in [0.29, 0.717) is 17.8 Å². The quantitative estimate of drug-likeness (QED) is 0.665. The van der Waals surface area contributed by atoms with E-state index in [4.69, 9.17) is 0 Å². The molecule has 2 aromatic heterocycles. The number of nitrogens with zero attached hydrogens (tertiary/aromatic N) is 4. The Bertz CT molecular complexity index is 886. The number of rotatable bonds is 4. The Labute approximate surface area is 141 Å². The summed E-state index contributed by atoms with van der Waals surface area (Å²) in [7, 11) is 0. The van der Waals surface area contributed by atoms with Crippen LogP contribution in [0.5, 0.6) is 0 Å². The summed E-state index contributed by atoms with van der Waals surface area (Å²) in [5.74, 6) is -0.433. The predicted molar refractivity (Wildman–Crippen MR) is 83.1 cm³/mol. The highest BCUT2D eigenvalue weighted by Gasteiger charge is 2.34. The maximum Gasteiger partial charge on any atom is 0.419 e. The van der Waals surface area contributed by atoms with Gasteiger partial charge in [-0.3, -0.25) is 0 Å². The molecule has 0 N–H and O–H groups in total. The Morgan fingerprint density at radius 1 is 1.12 bits per heavy atom. The lowest BCUT2D eigenvalue weighted by molar-refractivity contribution is -0.139. The molecule has 3 rings (SSSR count). The Morgan fingerprint density at radius 3 is 2.64 bits per heavy atom. The van der Waals surface area contributed by atoms with Gasteiger partial charge in [-0.25, -0.2) is 9.37 Å². The third-order valence-corrected chi connectivity index (χ3v) is 3.76. The van der Waals surface area contributed by atoms with E-state index in [9.17, 15) is 17.6 Å². The van der Waals surface area contributed by atoms with Gasteiger partial charge in [-0.1, -0.05) is 13.0 Å². The van der Waals surface area contributed by atoms with Gasteiger partial charge < -0.3 is 4.57 Å². The summed E-state index contributed by atoms with van der Waals surface area (Å²) in [5, 5.41) is 7.86. The standard InChI is InChI=1S/C17H14F4N4/c1-2-16-22-5-6-25(16)10-13-7-12(9-23-24-13)11-3-4-15(18)14(8-11)17(19,20)21/h3-9H,2,10H2,1H3. The summed E-state index contributed by atoms with van der Waals surface area (Å²) < 4.78 is 54.0. The van der Waals surface area contributed by atoms with Crippen molar-refractivity contribution in [2.45, 2.75) is 26.1 Å². The van der Waals surface area contributed by atoms with Crippen LogP contribution in [0, 0.1) is 5.82 Å². The number of hydrogen-bond donors (Lipinski definition) is 0. The molecule has 0 atom stereocenters. The van der Waals surface area contributed by atoms with Crippen LogP contribution in [0.1, 0.15) is 24.0 Å². The molecule has 0 unspecified atom stereocenters. The van der Waals surface area contributed by atoms with Crippen LogP contribution in [0.2, 0.25) is 0 Å². The lowest BCUT2D eigenvalue weighted by Crippen LogP contribution is -2.08. The SMILES string of the molecule is CCc1nccn1Cc1cc(-c2ccc(F)c(C(F)(F)F)c2)cnn1. The van der Waals surface area contributed by atoms with E-state index in [2.05, 4.69) is 15.2 Å². The predicted octanol–water partition coefficient (Wildman–Crippen LogP) is 4.11. The van der Waals surface area contributed by atoms with Crippen molar-refractivity contribution < 1.29 is 17.6 Å². The van der Waals surface area contributed by atoms with Crippen LogP contribution >= 0.6 is 0 Å². The molecular weight excluding hydrogens is 336 g/mol. The minimum atomic E-state index is -4.75. The van der Waals surface area contributed by atoms with Crippen molar-refractivity contribution >= 4 is 0 Å². The van der Waals surface area contributed by atoms with Crippen LogP contribution < -0.4 is 0 Å². The number of aryl methyl sites for hydroxylation is 1. The highest BCUT2D eigenvalue weighted by Crippen LogP contribution is 2.34. The fourth-order valence-corrected chi connectivity index (χ4v) is 2.54. The van der Waals surface area contributed by atoms with Crippen molar-refractivity contribution in [3.63, 3.8) is 0 Å². The highest BCUT2D eigenvalue weighted by molar-refractivity contribution is 5.63. The summed E-state index contributed by atoms with van der Waals surface area (Å²) in [6.07, 6.45) is 0.813. The van der Waals surface area contributed by atoms with Gasteiger partial charge in [0.25, 0.3) is 0 Å². The average molecular weight is 350 g/mol. The molecule has 130 valence electrons. The molecule has 25 heavy (non-hydrogen) atoms. The van der Waals surface area contributed by atoms with E-state index < -0.39 is 17.6 Å². The Balaban J connectivity index is 1.94. The second kappa shape index (κ2) is 6.62. The molecule has 0 aliphatic carbocycles. The number of halogens is 4. The van der Waals surface area contributed by atoms with Crippen LogP contribution in [0.15, 0.2) is 42.9 Å². The molecule has 3 aromatic rings. The van der Waals surface area contributed by atoms with Crippen LogP contribution in [-0.4, -0.2) is 19.7 Å². The van der Waals surface area contributed by atoms with Crippen molar-refractivity contribution in [3.05, 3.63) is 65.8 Å². The van der Waals surface area contributed by atoms with Gasteiger partial charge in [0.05, 0.1) is 24.0 Å². The first-order valence-corrected chi connectivity index (χ1v) is 7.57. The summed E-state index contributed by atoms with van der Waals surface area (Å²) in [4.78, 5) is 4.21. The Kier molecular flexibility index (Phi) is 4.52. The van der Waals surface area contributed by atoms with Gasteiger partial charge in [-0.05, 0) is 23.8 Å². The molecule has 0 bridgehead atoms. The fraction of sp³-hybridized carbons (Fsp3) is 0.235. The first-order chi connectivity index (χ1) is 11.9. The zero-order valence-corrected chi connectivity index (χ0v) is 13.3. The molecule has 0 amide bonds. The van der Waals surface area contributed by atoms with Crippen LogP contribution in [0.25, 0.3) is 11.1 Å². The van der Waals surface area contributed by atoms with Gasteiger partial charge in [0.1, 0.15) is 11.6 Å². The van der Waals surface area contributed by atoms with Crippen LogP contribution in [0.3, 0.4) is 0 Å². The first-order valence-electron chi connectivity index (χ1n) is 7.57. The van der Waals surface area contributed by atoms with Gasteiger partial charge in [0.15, 0.2) is 0 Å². The second-order valence-electron chi connectivity index (χ2n) is 5.45. The second-order valence-corrected chi connectivity index (χ2v) is 5.45. The molecule has 0 aliphatic rings. The van der Waals surface area contributed by atoms with Crippen molar-refractivity contribution in [1.29, 1.82) is 0 Å². The molecule has 1 aromatic carbocycles. The lowest BCUT2D eigenvalue weighted by atomic mass is 10.0. The summed E-state index contributed by atoms with van der Waals surface area (Å²) in [5.41, 5.74) is -0.0609. The molecule has 0 aliphatic heterocycles. The first kappa shape index (κ1) is 17.1. The molecule has 4 nitrogen and oxygen atoms in total. The molecule has 0 saturated carbocycles. The molecular formula is C17H14F4N4. The van der Waals surface area contributed by atoms with Crippen molar-refractivity contribution in [1.82, 2.24) is 19.7 Å². The van der Waals surface area contributed by atoms with Crippen molar-refractivity contribution in [2.24, 2.45) is 0 Å². The largest absolute Gasteiger partial charge is 0.419 e. The molecule has 8 heteroatoms. The molecule has 0 spiro atoms. The molecule has 0 radical (unpaired) electrons. The number of imidazole rings is 1. The third kappa shape index (κ3) is 3.67. The van der Waals surface area contributed by atoms with Gasteiger partial charge in [-0.2, -0.15) is 23.4 Å². The lowest BCUT2D eigenvalue weighted by Gasteiger charge is -2.11. The maximum atomic E-state index is 13.4. The topological polar surface area (TPSA) is 43.6 Å². The van der Waals surface area contributed by atoms with E-state index in [1.807, 2.05) is 11.5 Å². The smallest absolute Gasteiger partial charge is 0.329 e. The van der Waals surface area contributed by atoms with Crippen molar-refractivity contribution in [3.8, 4) is 11.1 Å². The number of alkyl halides is 3. The highest BCUT2D eigenvalue weighted by atomic mass is 19.4. The van der Waals surface area contributed by atoms with Gasteiger partial charge >= 0.3 is 6.18 Å². The van der Waals surface area contributed by atoms with E-state index in [-0.39, 0.29) is 5.56 Å². The number of benzene rings is 1. The number of hydrogen-bond acceptors (Lipinski definition) is 3. The Hall–Kier alpha value is -2.77. The molecule has 0 saturated heterocycles. The molecule has 2 heterocycles. The minimum Gasteiger partial charge on any atom is -0.329 e. The molecule has 0 fully saturated rings. The monoisotopic (exact) mass is 350 g/mol. The minimum absolute atomic E-state index is 0.228. The van der Waals surface area contributed by atoms with E-state index in [1.165, 1.54) is 12.3 Å². The number of aromatic nitrogens is 4. The van der Waals surface area contributed by atoms with Gasteiger partial charge in [0.2, 0.25) is 0 Å². The van der Waals surface area contributed by atoms with Crippen LogP contribution in [-0.2, 0) is 19.1 Å². The van der Waals surface area contributed by atoms with Gasteiger partial charge in [-0.15, -0.1) is 0 Å². The summed E-state index contributed by atoms with van der Waals surface area (Å²) in [6, 6.07) is 4.52. The Morgan fingerprint density at radius 2 is 1.92 bits per heavy atom. The zero-order valence-electron chi connectivity index (χ0n) is 13.3. The van der Waals surface area contributed by atoms with E-state index >= 15 is 0 Å².